The minimum absolute atomic E-state index is 0.0696. The third-order valence-corrected chi connectivity index (χ3v) is 3.14. The Bertz CT molecular complexity index is 801. The quantitative estimate of drug-likeness (QED) is 0.802. The molecule has 0 radical (unpaired) electrons. The van der Waals surface area contributed by atoms with Crippen LogP contribution in [0.5, 0.6) is 0 Å². The number of halogens is 1. The van der Waals surface area contributed by atoms with Crippen LogP contribution in [0.2, 0.25) is 0 Å². The van der Waals surface area contributed by atoms with Crippen molar-refractivity contribution in [2.24, 2.45) is 0 Å². The van der Waals surface area contributed by atoms with Crippen LogP contribution >= 0.6 is 0 Å². The van der Waals surface area contributed by atoms with Gasteiger partial charge in [0.2, 0.25) is 0 Å². The SMILES string of the molecule is Cc1nc(NC(=O)c2ncoc2-c2ccc(F)cc2)oc1C. The fourth-order valence-corrected chi connectivity index (χ4v) is 1.90. The summed E-state index contributed by atoms with van der Waals surface area (Å²) in [5, 5.41) is 2.51. The van der Waals surface area contributed by atoms with E-state index in [4.69, 9.17) is 8.83 Å². The number of carbonyl (C=O) groups is 1. The van der Waals surface area contributed by atoms with E-state index in [9.17, 15) is 9.18 Å². The van der Waals surface area contributed by atoms with E-state index >= 15 is 0 Å². The predicted octanol–water partition coefficient (Wildman–Crippen LogP) is 3.34. The molecule has 2 aromatic heterocycles. The van der Waals surface area contributed by atoms with Crippen molar-refractivity contribution in [3.63, 3.8) is 0 Å². The van der Waals surface area contributed by atoms with Gasteiger partial charge in [0, 0.05) is 5.56 Å². The number of oxazole rings is 2. The molecule has 3 rings (SSSR count). The number of amides is 1. The van der Waals surface area contributed by atoms with E-state index in [1.54, 1.807) is 13.8 Å². The van der Waals surface area contributed by atoms with Crippen molar-refractivity contribution < 1.29 is 18.0 Å². The number of hydrogen-bond donors (Lipinski definition) is 1. The third-order valence-electron chi connectivity index (χ3n) is 3.14. The number of carbonyl (C=O) groups excluding carboxylic acids is 1. The molecule has 0 spiro atoms. The maximum Gasteiger partial charge on any atom is 0.302 e. The Balaban J connectivity index is 1.87. The molecular weight excluding hydrogens is 289 g/mol. The van der Waals surface area contributed by atoms with Crippen LogP contribution in [0.25, 0.3) is 11.3 Å². The predicted molar refractivity (Wildman–Crippen MR) is 75.8 cm³/mol. The summed E-state index contributed by atoms with van der Waals surface area (Å²) in [7, 11) is 0. The average Bonchev–Trinajstić information content (AvgIpc) is 3.07. The van der Waals surface area contributed by atoms with Crippen LogP contribution in [0.4, 0.5) is 10.4 Å². The highest BCUT2D eigenvalue weighted by Gasteiger charge is 2.20. The zero-order valence-corrected chi connectivity index (χ0v) is 11.9. The summed E-state index contributed by atoms with van der Waals surface area (Å²) in [5.41, 5.74) is 1.30. The van der Waals surface area contributed by atoms with E-state index in [1.165, 1.54) is 24.3 Å². The van der Waals surface area contributed by atoms with Gasteiger partial charge in [-0.2, -0.15) is 4.98 Å². The fraction of sp³-hybridized carbons (Fsp3) is 0.133. The Labute approximate surface area is 125 Å². The summed E-state index contributed by atoms with van der Waals surface area (Å²) in [6.07, 6.45) is 1.15. The minimum Gasteiger partial charge on any atom is -0.443 e. The largest absolute Gasteiger partial charge is 0.443 e. The monoisotopic (exact) mass is 301 g/mol. The van der Waals surface area contributed by atoms with Gasteiger partial charge in [0.25, 0.3) is 5.91 Å². The summed E-state index contributed by atoms with van der Waals surface area (Å²) >= 11 is 0. The fourth-order valence-electron chi connectivity index (χ4n) is 1.90. The molecule has 1 N–H and O–H groups in total. The van der Waals surface area contributed by atoms with Crippen molar-refractivity contribution in [1.29, 1.82) is 0 Å². The molecule has 0 saturated heterocycles. The lowest BCUT2D eigenvalue weighted by Crippen LogP contribution is -2.13. The molecule has 6 nitrogen and oxygen atoms in total. The molecule has 112 valence electrons. The van der Waals surface area contributed by atoms with E-state index in [-0.39, 0.29) is 23.3 Å². The summed E-state index contributed by atoms with van der Waals surface area (Å²) in [5.74, 6) is -0.0268. The van der Waals surface area contributed by atoms with Crippen LogP contribution in [0.3, 0.4) is 0 Å². The highest BCUT2D eigenvalue weighted by molar-refractivity contribution is 6.05. The second-order valence-electron chi connectivity index (χ2n) is 4.65. The molecule has 0 aliphatic heterocycles. The smallest absolute Gasteiger partial charge is 0.302 e. The Morgan fingerprint density at radius 1 is 1.23 bits per heavy atom. The van der Waals surface area contributed by atoms with Gasteiger partial charge in [0.05, 0.1) is 5.69 Å². The van der Waals surface area contributed by atoms with Crippen LogP contribution in [-0.4, -0.2) is 15.9 Å². The molecule has 22 heavy (non-hydrogen) atoms. The molecule has 0 saturated carbocycles. The van der Waals surface area contributed by atoms with Gasteiger partial charge in [-0.15, -0.1) is 0 Å². The lowest BCUT2D eigenvalue weighted by Gasteiger charge is -2.01. The Morgan fingerprint density at radius 3 is 2.59 bits per heavy atom. The summed E-state index contributed by atoms with van der Waals surface area (Å²) in [6.45, 7) is 3.52. The number of anilines is 1. The van der Waals surface area contributed by atoms with Gasteiger partial charge >= 0.3 is 6.01 Å². The van der Waals surface area contributed by atoms with Crippen LogP contribution in [0, 0.1) is 19.7 Å². The molecule has 1 amide bonds. The van der Waals surface area contributed by atoms with Gasteiger partial charge < -0.3 is 8.83 Å². The van der Waals surface area contributed by atoms with Crippen molar-refractivity contribution in [3.05, 3.63) is 53.6 Å². The second kappa shape index (κ2) is 5.44. The molecule has 0 unspecified atom stereocenters. The Hall–Kier alpha value is -2.96. The van der Waals surface area contributed by atoms with E-state index < -0.39 is 5.91 Å². The van der Waals surface area contributed by atoms with Crippen LogP contribution < -0.4 is 5.32 Å². The van der Waals surface area contributed by atoms with Crippen LogP contribution in [0.15, 0.2) is 39.5 Å². The first-order valence-electron chi connectivity index (χ1n) is 6.49. The highest BCUT2D eigenvalue weighted by atomic mass is 19.1. The van der Waals surface area contributed by atoms with E-state index in [0.717, 1.165) is 6.39 Å². The molecule has 2 heterocycles. The maximum absolute atomic E-state index is 13.0. The first-order chi connectivity index (χ1) is 10.5. The molecule has 0 aliphatic rings. The number of benzene rings is 1. The molecule has 0 fully saturated rings. The maximum atomic E-state index is 13.0. The summed E-state index contributed by atoms with van der Waals surface area (Å²) in [4.78, 5) is 20.2. The van der Waals surface area contributed by atoms with Crippen molar-refractivity contribution in [2.45, 2.75) is 13.8 Å². The number of aryl methyl sites for hydroxylation is 2. The molecular formula is C15H12FN3O3. The molecule has 3 aromatic rings. The standard InChI is InChI=1S/C15H12FN3O3/c1-8-9(2)22-15(18-8)19-14(20)12-13(21-7-17-12)10-3-5-11(16)6-4-10/h3-7H,1-2H3,(H,18,19,20). The van der Waals surface area contributed by atoms with Gasteiger partial charge in [0.15, 0.2) is 17.8 Å². The number of aromatic nitrogens is 2. The normalized spacial score (nSPS) is 10.7. The van der Waals surface area contributed by atoms with Gasteiger partial charge in [-0.25, -0.2) is 9.37 Å². The van der Waals surface area contributed by atoms with Gasteiger partial charge in [-0.3, -0.25) is 10.1 Å². The lowest BCUT2D eigenvalue weighted by atomic mass is 10.1. The van der Waals surface area contributed by atoms with Crippen molar-refractivity contribution >= 4 is 11.9 Å². The minimum atomic E-state index is -0.519. The van der Waals surface area contributed by atoms with Crippen molar-refractivity contribution in [3.8, 4) is 11.3 Å². The number of rotatable bonds is 3. The molecule has 7 heteroatoms. The number of hydrogen-bond acceptors (Lipinski definition) is 5. The molecule has 1 aromatic carbocycles. The van der Waals surface area contributed by atoms with Crippen LogP contribution in [0.1, 0.15) is 21.9 Å². The molecule has 0 atom stereocenters. The Kier molecular flexibility index (Phi) is 3.46. The van der Waals surface area contributed by atoms with E-state index in [2.05, 4.69) is 15.3 Å². The van der Waals surface area contributed by atoms with Crippen LogP contribution in [-0.2, 0) is 0 Å². The van der Waals surface area contributed by atoms with Gasteiger partial charge in [-0.05, 0) is 38.1 Å². The number of nitrogens with one attached hydrogen (secondary N) is 1. The molecule has 0 aliphatic carbocycles. The molecule has 0 bridgehead atoms. The Morgan fingerprint density at radius 2 is 1.95 bits per heavy atom. The summed E-state index contributed by atoms with van der Waals surface area (Å²) in [6, 6.07) is 5.66. The average molecular weight is 301 g/mol. The number of nitrogens with zero attached hydrogens (tertiary/aromatic N) is 2. The second-order valence-corrected chi connectivity index (χ2v) is 4.65. The zero-order chi connectivity index (χ0) is 15.7. The van der Waals surface area contributed by atoms with E-state index in [1.807, 2.05) is 0 Å². The topological polar surface area (TPSA) is 81.2 Å². The van der Waals surface area contributed by atoms with Gasteiger partial charge in [-0.1, -0.05) is 0 Å². The van der Waals surface area contributed by atoms with Gasteiger partial charge in [0.1, 0.15) is 11.6 Å². The third kappa shape index (κ3) is 2.60. The van der Waals surface area contributed by atoms with E-state index in [0.29, 0.717) is 17.0 Å². The highest BCUT2D eigenvalue weighted by Crippen LogP contribution is 2.24. The van der Waals surface area contributed by atoms with Crippen molar-refractivity contribution in [2.75, 3.05) is 5.32 Å². The summed E-state index contributed by atoms with van der Waals surface area (Å²) < 4.78 is 23.5. The first kappa shape index (κ1) is 14.0. The first-order valence-corrected chi connectivity index (χ1v) is 6.49. The lowest BCUT2D eigenvalue weighted by molar-refractivity contribution is 0.102. The van der Waals surface area contributed by atoms with Crippen molar-refractivity contribution in [1.82, 2.24) is 9.97 Å². The zero-order valence-electron chi connectivity index (χ0n) is 11.9.